The van der Waals surface area contributed by atoms with E-state index in [1.54, 1.807) is 0 Å². The quantitative estimate of drug-likeness (QED) is 0.0926. The van der Waals surface area contributed by atoms with Gasteiger partial charge >= 0.3 is 0 Å². The third-order valence-electron chi connectivity index (χ3n) is 8.30. The molecule has 0 aliphatic heterocycles. The SMILES string of the molecule is CCCCCCCCC(c1cccc2ccccc12)C(OCCCC)(OCCCC)c1cccc2ccccc12. The number of hydrogen-bond donors (Lipinski definition) is 0. The summed E-state index contributed by atoms with van der Waals surface area (Å²) in [5.74, 6) is -0.789. The molecule has 0 aromatic heterocycles. The first-order chi connectivity index (χ1) is 19.7. The summed E-state index contributed by atoms with van der Waals surface area (Å²) in [4.78, 5) is 0. The van der Waals surface area contributed by atoms with E-state index in [2.05, 4.69) is 106 Å². The molecule has 4 rings (SSSR count). The lowest BCUT2D eigenvalue weighted by molar-refractivity contribution is -0.262. The Balaban J connectivity index is 1.89. The Morgan fingerprint density at radius 1 is 0.525 bits per heavy atom. The molecule has 0 aliphatic rings. The highest BCUT2D eigenvalue weighted by molar-refractivity contribution is 5.88. The van der Waals surface area contributed by atoms with Gasteiger partial charge in [0.05, 0.1) is 13.2 Å². The third-order valence-corrected chi connectivity index (χ3v) is 8.30. The molecule has 1 unspecified atom stereocenters. The predicted octanol–water partition coefficient (Wildman–Crippen LogP) is 11.3. The van der Waals surface area contributed by atoms with Crippen LogP contribution in [0.4, 0.5) is 0 Å². The lowest BCUT2D eigenvalue weighted by Crippen LogP contribution is -2.41. The van der Waals surface area contributed by atoms with E-state index in [4.69, 9.17) is 9.47 Å². The second-order valence-electron chi connectivity index (χ2n) is 11.3. The van der Waals surface area contributed by atoms with Crippen LogP contribution in [-0.2, 0) is 15.3 Å². The van der Waals surface area contributed by atoms with E-state index in [0.717, 1.165) is 32.1 Å². The number of rotatable bonds is 18. The molecule has 2 heteroatoms. The third kappa shape index (κ3) is 7.33. The summed E-state index contributed by atoms with van der Waals surface area (Å²) < 4.78 is 14.3. The summed E-state index contributed by atoms with van der Waals surface area (Å²) in [7, 11) is 0. The summed E-state index contributed by atoms with van der Waals surface area (Å²) >= 11 is 0. The van der Waals surface area contributed by atoms with E-state index >= 15 is 0 Å². The molecule has 214 valence electrons. The highest BCUT2D eigenvalue weighted by Crippen LogP contribution is 2.48. The number of fused-ring (bicyclic) bond motifs is 2. The maximum absolute atomic E-state index is 7.15. The molecule has 40 heavy (non-hydrogen) atoms. The van der Waals surface area contributed by atoms with Crippen LogP contribution in [-0.4, -0.2) is 13.2 Å². The largest absolute Gasteiger partial charge is 0.345 e. The van der Waals surface area contributed by atoms with Gasteiger partial charge in [-0.2, -0.15) is 0 Å². The summed E-state index contributed by atoms with van der Waals surface area (Å²) in [6.07, 6.45) is 12.9. The maximum atomic E-state index is 7.15. The molecule has 0 bridgehead atoms. The van der Waals surface area contributed by atoms with Gasteiger partial charge in [-0.3, -0.25) is 0 Å². The van der Waals surface area contributed by atoms with Crippen molar-refractivity contribution in [2.45, 2.75) is 103 Å². The summed E-state index contributed by atoms with van der Waals surface area (Å²) in [6.45, 7) is 8.13. The van der Waals surface area contributed by atoms with Crippen LogP contribution < -0.4 is 0 Å². The van der Waals surface area contributed by atoms with Crippen molar-refractivity contribution >= 4 is 21.5 Å². The van der Waals surface area contributed by atoms with Crippen molar-refractivity contribution in [3.63, 3.8) is 0 Å². The normalized spacial score (nSPS) is 12.8. The molecule has 0 saturated heterocycles. The van der Waals surface area contributed by atoms with Crippen molar-refractivity contribution in [1.29, 1.82) is 0 Å². The van der Waals surface area contributed by atoms with E-state index < -0.39 is 5.79 Å². The van der Waals surface area contributed by atoms with Crippen molar-refractivity contribution in [1.82, 2.24) is 0 Å². The van der Waals surface area contributed by atoms with Crippen LogP contribution in [0.3, 0.4) is 0 Å². The van der Waals surface area contributed by atoms with Gasteiger partial charge in [-0.25, -0.2) is 0 Å². The Bertz CT molecular complexity index is 1270. The molecule has 0 heterocycles. The van der Waals surface area contributed by atoms with Gasteiger partial charge in [0.1, 0.15) is 0 Å². The van der Waals surface area contributed by atoms with Crippen molar-refractivity contribution in [3.8, 4) is 0 Å². The highest BCUT2D eigenvalue weighted by atomic mass is 16.7. The van der Waals surface area contributed by atoms with Crippen molar-refractivity contribution in [2.24, 2.45) is 0 Å². The number of ether oxygens (including phenoxy) is 2. The molecule has 1 atom stereocenters. The second kappa shape index (κ2) is 15.9. The number of unbranched alkanes of at least 4 members (excludes halogenated alkanes) is 7. The first-order valence-corrected chi connectivity index (χ1v) is 16.0. The zero-order valence-corrected chi connectivity index (χ0v) is 25.2. The Hall–Kier alpha value is -2.68. The Morgan fingerprint density at radius 3 is 1.73 bits per heavy atom. The van der Waals surface area contributed by atoms with E-state index in [0.29, 0.717) is 13.2 Å². The average Bonchev–Trinajstić information content (AvgIpc) is 3.00. The highest BCUT2D eigenvalue weighted by Gasteiger charge is 2.45. The fourth-order valence-electron chi connectivity index (χ4n) is 6.08. The van der Waals surface area contributed by atoms with Crippen LogP contribution in [0.1, 0.15) is 108 Å². The smallest absolute Gasteiger partial charge is 0.202 e. The minimum atomic E-state index is -0.862. The molecule has 4 aromatic carbocycles. The van der Waals surface area contributed by atoms with Gasteiger partial charge in [-0.1, -0.05) is 157 Å². The first-order valence-electron chi connectivity index (χ1n) is 16.0. The van der Waals surface area contributed by atoms with Crippen LogP contribution in [0.25, 0.3) is 21.5 Å². The predicted molar refractivity (Wildman–Crippen MR) is 172 cm³/mol. The van der Waals surface area contributed by atoms with E-state index in [1.807, 2.05) is 0 Å². The maximum Gasteiger partial charge on any atom is 0.202 e. The second-order valence-corrected chi connectivity index (χ2v) is 11.3. The molecule has 0 radical (unpaired) electrons. The minimum Gasteiger partial charge on any atom is -0.345 e. The van der Waals surface area contributed by atoms with Gasteiger partial charge < -0.3 is 9.47 Å². The zero-order chi connectivity index (χ0) is 28.0. The summed E-state index contributed by atoms with van der Waals surface area (Å²) in [5.41, 5.74) is 2.51. The molecule has 0 saturated carbocycles. The molecular weight excluding hydrogens is 488 g/mol. The standard InChI is InChI=1S/C38H50O2/c1-4-7-10-11-12-13-27-37(35-26-18-22-31-20-14-16-24-33(31)35)38(39-29-8-5-2,40-30-9-6-3)36-28-19-23-32-21-15-17-25-34(32)36/h14-26,28,37H,4-13,27,29-30H2,1-3H3. The molecule has 4 aromatic rings. The lowest BCUT2D eigenvalue weighted by atomic mass is 9.78. The molecule has 0 aliphatic carbocycles. The number of benzene rings is 4. The Kier molecular flexibility index (Phi) is 12.1. The molecular formula is C38H50O2. The molecule has 2 nitrogen and oxygen atoms in total. The zero-order valence-electron chi connectivity index (χ0n) is 25.2. The van der Waals surface area contributed by atoms with Gasteiger partial charge in [0, 0.05) is 11.5 Å². The molecule has 0 spiro atoms. The van der Waals surface area contributed by atoms with Gasteiger partial charge in [0.2, 0.25) is 5.79 Å². The summed E-state index contributed by atoms with van der Waals surface area (Å²) in [5, 5.41) is 5.05. The van der Waals surface area contributed by atoms with Crippen LogP contribution in [0.2, 0.25) is 0 Å². The van der Waals surface area contributed by atoms with E-state index in [9.17, 15) is 0 Å². The first kappa shape index (κ1) is 30.3. The summed E-state index contributed by atoms with van der Waals surface area (Å²) in [6, 6.07) is 31.0. The van der Waals surface area contributed by atoms with Gasteiger partial charge in [0.15, 0.2) is 0 Å². The van der Waals surface area contributed by atoms with Gasteiger partial charge in [-0.15, -0.1) is 0 Å². The lowest BCUT2D eigenvalue weighted by Gasteiger charge is -2.42. The Morgan fingerprint density at radius 2 is 1.05 bits per heavy atom. The van der Waals surface area contributed by atoms with Crippen molar-refractivity contribution in [2.75, 3.05) is 13.2 Å². The fraction of sp³-hybridized carbons (Fsp3) is 0.474. The monoisotopic (exact) mass is 538 g/mol. The van der Waals surface area contributed by atoms with Crippen LogP contribution >= 0.6 is 0 Å². The average molecular weight is 539 g/mol. The van der Waals surface area contributed by atoms with Crippen molar-refractivity contribution < 1.29 is 9.47 Å². The van der Waals surface area contributed by atoms with Gasteiger partial charge in [-0.05, 0) is 46.4 Å². The Labute approximate surface area is 243 Å². The molecule has 0 fully saturated rings. The molecule has 0 N–H and O–H groups in total. The van der Waals surface area contributed by atoms with Crippen LogP contribution in [0, 0.1) is 0 Å². The van der Waals surface area contributed by atoms with Crippen LogP contribution in [0.5, 0.6) is 0 Å². The van der Waals surface area contributed by atoms with Crippen molar-refractivity contribution in [3.05, 3.63) is 96.1 Å². The number of hydrogen-bond acceptors (Lipinski definition) is 2. The molecule has 0 amide bonds. The minimum absolute atomic E-state index is 0.0734. The fourth-order valence-corrected chi connectivity index (χ4v) is 6.08. The van der Waals surface area contributed by atoms with E-state index in [-0.39, 0.29) is 5.92 Å². The van der Waals surface area contributed by atoms with Gasteiger partial charge in [0.25, 0.3) is 0 Å². The van der Waals surface area contributed by atoms with Crippen LogP contribution in [0.15, 0.2) is 84.9 Å². The van der Waals surface area contributed by atoms with E-state index in [1.165, 1.54) is 71.2 Å². The topological polar surface area (TPSA) is 18.5 Å².